The van der Waals surface area contributed by atoms with Crippen LogP contribution in [0.5, 0.6) is 0 Å². The molecule has 0 heterocycles. The van der Waals surface area contributed by atoms with E-state index in [0.717, 1.165) is 0 Å². The van der Waals surface area contributed by atoms with E-state index in [-0.39, 0.29) is 35.0 Å². The molecule has 2 aromatic rings. The minimum absolute atomic E-state index is 0.140. The van der Waals surface area contributed by atoms with Gasteiger partial charge in [0.25, 0.3) is 0 Å². The van der Waals surface area contributed by atoms with Crippen molar-refractivity contribution in [3.8, 4) is 0 Å². The Labute approximate surface area is 163 Å². The SMILES string of the molecule is CN(C(=O)C1CCC(C(=O)N(C)c2ccccc2F)CC1)c1ccccc1F. The zero-order chi connectivity index (χ0) is 20.3. The van der Waals surface area contributed by atoms with Crippen LogP contribution in [0, 0.1) is 23.5 Å². The Hall–Kier alpha value is -2.76. The Balaban J connectivity index is 1.61. The average Bonchev–Trinajstić information content (AvgIpc) is 2.72. The summed E-state index contributed by atoms with van der Waals surface area (Å²) < 4.78 is 27.9. The van der Waals surface area contributed by atoms with Gasteiger partial charge in [-0.15, -0.1) is 0 Å². The maximum absolute atomic E-state index is 13.9. The third-order valence-corrected chi connectivity index (χ3v) is 5.51. The fourth-order valence-corrected chi connectivity index (χ4v) is 3.82. The highest BCUT2D eigenvalue weighted by atomic mass is 19.1. The first kappa shape index (κ1) is 20.0. The molecule has 0 radical (unpaired) electrons. The van der Waals surface area contributed by atoms with Crippen molar-refractivity contribution in [1.82, 2.24) is 0 Å². The lowest BCUT2D eigenvalue weighted by molar-refractivity contribution is -0.127. The van der Waals surface area contributed by atoms with Gasteiger partial charge < -0.3 is 9.80 Å². The van der Waals surface area contributed by atoms with Crippen molar-refractivity contribution >= 4 is 23.2 Å². The second-order valence-corrected chi connectivity index (χ2v) is 7.25. The van der Waals surface area contributed by atoms with Crippen LogP contribution in [0.2, 0.25) is 0 Å². The summed E-state index contributed by atoms with van der Waals surface area (Å²) in [4.78, 5) is 28.2. The standard InChI is InChI=1S/C22H24F2N2O2/c1-25(19-9-5-3-7-17(19)23)21(27)15-11-13-16(14-12-15)22(28)26(2)20-10-6-4-8-18(20)24/h3-10,15-16H,11-14H2,1-2H3. The number of carbonyl (C=O) groups excluding carboxylic acids is 2. The molecule has 0 bridgehead atoms. The third-order valence-electron chi connectivity index (χ3n) is 5.51. The van der Waals surface area contributed by atoms with Crippen LogP contribution in [0.15, 0.2) is 48.5 Å². The van der Waals surface area contributed by atoms with Crippen LogP contribution >= 0.6 is 0 Å². The van der Waals surface area contributed by atoms with Gasteiger partial charge in [0.05, 0.1) is 11.4 Å². The Bertz CT molecular complexity index is 792. The fourth-order valence-electron chi connectivity index (χ4n) is 3.82. The molecule has 0 atom stereocenters. The summed E-state index contributed by atoms with van der Waals surface area (Å²) in [5.74, 6) is -1.64. The summed E-state index contributed by atoms with van der Waals surface area (Å²) in [5.41, 5.74) is 0.509. The van der Waals surface area contributed by atoms with Crippen LogP contribution in [0.4, 0.5) is 20.2 Å². The molecule has 0 unspecified atom stereocenters. The number of hydrogen-bond donors (Lipinski definition) is 0. The van der Waals surface area contributed by atoms with E-state index in [1.807, 2.05) is 0 Å². The number of benzene rings is 2. The van der Waals surface area contributed by atoms with Gasteiger partial charge in [-0.05, 0) is 49.9 Å². The molecule has 1 aliphatic carbocycles. The van der Waals surface area contributed by atoms with Gasteiger partial charge in [-0.25, -0.2) is 8.78 Å². The quantitative estimate of drug-likeness (QED) is 0.782. The molecule has 0 aromatic heterocycles. The molecule has 148 valence electrons. The summed E-state index contributed by atoms with van der Waals surface area (Å²) in [6.45, 7) is 0. The normalized spacial score (nSPS) is 19.1. The number of anilines is 2. The predicted molar refractivity (Wildman–Crippen MR) is 105 cm³/mol. The van der Waals surface area contributed by atoms with E-state index >= 15 is 0 Å². The molecule has 0 aliphatic heterocycles. The molecule has 1 saturated carbocycles. The molecule has 28 heavy (non-hydrogen) atoms. The van der Waals surface area contributed by atoms with E-state index in [2.05, 4.69) is 0 Å². The van der Waals surface area contributed by atoms with Crippen LogP contribution in [0.3, 0.4) is 0 Å². The Morgan fingerprint density at radius 1 is 0.714 bits per heavy atom. The van der Waals surface area contributed by atoms with E-state index in [4.69, 9.17) is 0 Å². The van der Waals surface area contributed by atoms with Gasteiger partial charge in [-0.2, -0.15) is 0 Å². The first-order valence-electron chi connectivity index (χ1n) is 9.44. The molecule has 1 aliphatic rings. The average molecular weight is 386 g/mol. The molecule has 2 amide bonds. The fraction of sp³-hybridized carbons (Fsp3) is 0.364. The van der Waals surface area contributed by atoms with Gasteiger partial charge in [0, 0.05) is 25.9 Å². The van der Waals surface area contributed by atoms with Gasteiger partial charge in [0.2, 0.25) is 11.8 Å². The van der Waals surface area contributed by atoms with Crippen LogP contribution in [0.25, 0.3) is 0 Å². The van der Waals surface area contributed by atoms with Gasteiger partial charge in [0.1, 0.15) is 11.6 Å². The maximum atomic E-state index is 13.9. The smallest absolute Gasteiger partial charge is 0.229 e. The first-order valence-corrected chi connectivity index (χ1v) is 9.44. The molecule has 0 saturated heterocycles. The van der Waals surface area contributed by atoms with E-state index in [1.54, 1.807) is 50.5 Å². The Morgan fingerprint density at radius 3 is 1.36 bits per heavy atom. The van der Waals surface area contributed by atoms with Crippen molar-refractivity contribution < 1.29 is 18.4 Å². The number of carbonyl (C=O) groups is 2. The molecular formula is C22H24F2N2O2. The number of rotatable bonds is 4. The Kier molecular flexibility index (Phi) is 6.07. The highest BCUT2D eigenvalue weighted by molar-refractivity contribution is 5.96. The molecule has 2 aromatic carbocycles. The molecule has 3 rings (SSSR count). The van der Waals surface area contributed by atoms with Crippen LogP contribution in [0.1, 0.15) is 25.7 Å². The lowest BCUT2D eigenvalue weighted by Gasteiger charge is -2.32. The zero-order valence-corrected chi connectivity index (χ0v) is 16.1. The van der Waals surface area contributed by atoms with Crippen LogP contribution < -0.4 is 9.80 Å². The Morgan fingerprint density at radius 2 is 1.04 bits per heavy atom. The third kappa shape index (κ3) is 4.06. The summed E-state index contributed by atoms with van der Waals surface area (Å²) in [6, 6.07) is 12.4. The van der Waals surface area contributed by atoms with E-state index in [0.29, 0.717) is 25.7 Å². The van der Waals surface area contributed by atoms with Crippen molar-refractivity contribution in [2.45, 2.75) is 25.7 Å². The predicted octanol–water partition coefficient (Wildman–Crippen LogP) is 4.40. The van der Waals surface area contributed by atoms with Gasteiger partial charge in [-0.3, -0.25) is 9.59 Å². The molecule has 0 N–H and O–H groups in total. The van der Waals surface area contributed by atoms with Crippen molar-refractivity contribution in [2.24, 2.45) is 11.8 Å². The topological polar surface area (TPSA) is 40.6 Å². The minimum atomic E-state index is -0.436. The maximum Gasteiger partial charge on any atom is 0.229 e. The minimum Gasteiger partial charge on any atom is -0.313 e. The molecule has 1 fully saturated rings. The van der Waals surface area contributed by atoms with Crippen molar-refractivity contribution in [3.63, 3.8) is 0 Å². The number of nitrogens with zero attached hydrogens (tertiary/aromatic N) is 2. The summed E-state index contributed by atoms with van der Waals surface area (Å²) in [5, 5.41) is 0. The number of hydrogen-bond acceptors (Lipinski definition) is 2. The molecule has 6 heteroatoms. The van der Waals surface area contributed by atoms with E-state index in [9.17, 15) is 18.4 Å². The van der Waals surface area contributed by atoms with E-state index in [1.165, 1.54) is 21.9 Å². The van der Waals surface area contributed by atoms with Crippen LogP contribution in [-0.2, 0) is 9.59 Å². The highest BCUT2D eigenvalue weighted by Crippen LogP contribution is 2.33. The van der Waals surface area contributed by atoms with Gasteiger partial charge in [0.15, 0.2) is 0 Å². The van der Waals surface area contributed by atoms with Gasteiger partial charge >= 0.3 is 0 Å². The lowest BCUT2D eigenvalue weighted by atomic mass is 9.80. The largest absolute Gasteiger partial charge is 0.313 e. The lowest BCUT2D eigenvalue weighted by Crippen LogP contribution is -2.39. The molecule has 0 spiro atoms. The summed E-state index contributed by atoms with van der Waals surface area (Å²) in [7, 11) is 3.15. The zero-order valence-electron chi connectivity index (χ0n) is 16.1. The van der Waals surface area contributed by atoms with Crippen molar-refractivity contribution in [1.29, 1.82) is 0 Å². The monoisotopic (exact) mass is 386 g/mol. The summed E-state index contributed by atoms with van der Waals surface area (Å²) >= 11 is 0. The van der Waals surface area contributed by atoms with E-state index < -0.39 is 11.6 Å². The molecular weight excluding hydrogens is 362 g/mol. The second-order valence-electron chi connectivity index (χ2n) is 7.25. The highest BCUT2D eigenvalue weighted by Gasteiger charge is 2.33. The van der Waals surface area contributed by atoms with Crippen molar-refractivity contribution in [2.75, 3.05) is 23.9 Å². The number of amides is 2. The molecule has 4 nitrogen and oxygen atoms in total. The summed E-state index contributed by atoms with van der Waals surface area (Å²) in [6.07, 6.45) is 2.22. The van der Waals surface area contributed by atoms with Crippen molar-refractivity contribution in [3.05, 3.63) is 60.2 Å². The van der Waals surface area contributed by atoms with Crippen LogP contribution in [-0.4, -0.2) is 25.9 Å². The van der Waals surface area contributed by atoms with Gasteiger partial charge in [-0.1, -0.05) is 24.3 Å². The first-order chi connectivity index (χ1) is 13.4. The number of para-hydroxylation sites is 2. The second kappa shape index (κ2) is 8.50. The number of halogens is 2.